The molecule has 2 aromatic rings. The van der Waals surface area contributed by atoms with Gasteiger partial charge in [-0.1, -0.05) is 29.8 Å². The number of hydrogen-bond acceptors (Lipinski definition) is 2. The number of halogens is 6. The van der Waals surface area contributed by atoms with Crippen molar-refractivity contribution in [2.75, 3.05) is 0 Å². The maximum Gasteiger partial charge on any atom is 0.457 e. The zero-order valence-electron chi connectivity index (χ0n) is 10.8. The molecule has 2 rings (SSSR count). The first-order valence-electron chi connectivity index (χ1n) is 5.95. The Balaban J connectivity index is 2.80. The summed E-state index contributed by atoms with van der Waals surface area (Å²) in [4.78, 5) is 3.55. The number of benzene rings is 1. The number of alkyl halides is 5. The minimum absolute atomic E-state index is 0.411. The largest absolute Gasteiger partial charge is 0.457 e. The van der Waals surface area contributed by atoms with Crippen molar-refractivity contribution >= 4 is 11.6 Å². The number of nitrogens with zero attached hydrogens (tertiary/aromatic N) is 1. The molecule has 8 heteroatoms. The third kappa shape index (κ3) is 2.44. The highest BCUT2D eigenvalue weighted by atomic mass is 35.5. The molecule has 22 heavy (non-hydrogen) atoms. The first-order chi connectivity index (χ1) is 10.1. The maximum atomic E-state index is 14.1. The third-order valence-corrected chi connectivity index (χ3v) is 3.50. The summed E-state index contributed by atoms with van der Waals surface area (Å²) in [7, 11) is 0. The molecule has 0 aliphatic heterocycles. The number of pyridine rings is 1. The predicted octanol–water partition coefficient (Wildman–Crippen LogP) is 4.17. The van der Waals surface area contributed by atoms with E-state index in [0.29, 0.717) is 0 Å². The second-order valence-electron chi connectivity index (χ2n) is 4.50. The molecule has 118 valence electrons. The lowest BCUT2D eigenvalue weighted by molar-refractivity contribution is -0.336. The van der Waals surface area contributed by atoms with Gasteiger partial charge in [0, 0.05) is 23.0 Å². The smallest absolute Gasteiger partial charge is 0.374 e. The van der Waals surface area contributed by atoms with Crippen LogP contribution in [0.5, 0.6) is 0 Å². The Labute approximate surface area is 127 Å². The van der Waals surface area contributed by atoms with Crippen molar-refractivity contribution in [3.63, 3.8) is 0 Å². The number of aliphatic hydroxyl groups is 1. The average molecular weight is 338 g/mol. The quantitative estimate of drug-likeness (QED) is 0.853. The standard InChI is InChI=1S/C14H9ClF5NO/c15-11-4-2-1-3-10(11)12(22,9-5-7-21-8-6-9)13(16,17)14(18,19)20/h1-8,22H. The van der Waals surface area contributed by atoms with Crippen molar-refractivity contribution in [1.82, 2.24) is 4.98 Å². The van der Waals surface area contributed by atoms with E-state index in [4.69, 9.17) is 11.6 Å². The molecule has 0 saturated heterocycles. The highest BCUT2D eigenvalue weighted by Crippen LogP contribution is 2.52. The van der Waals surface area contributed by atoms with Crippen molar-refractivity contribution < 1.29 is 27.1 Å². The predicted molar refractivity (Wildman–Crippen MR) is 69.7 cm³/mol. The second-order valence-corrected chi connectivity index (χ2v) is 4.91. The van der Waals surface area contributed by atoms with E-state index in [2.05, 4.69) is 4.98 Å². The molecule has 1 unspecified atom stereocenters. The fraction of sp³-hybridized carbons (Fsp3) is 0.214. The third-order valence-electron chi connectivity index (χ3n) is 3.17. The van der Waals surface area contributed by atoms with E-state index in [0.717, 1.165) is 36.7 Å². The van der Waals surface area contributed by atoms with Gasteiger partial charge in [-0.25, -0.2) is 0 Å². The number of rotatable bonds is 3. The normalized spacial score (nSPS) is 15.4. The van der Waals surface area contributed by atoms with Crippen LogP contribution in [0.1, 0.15) is 11.1 Å². The van der Waals surface area contributed by atoms with Crippen LogP contribution in [0.3, 0.4) is 0 Å². The van der Waals surface area contributed by atoms with E-state index in [-0.39, 0.29) is 0 Å². The van der Waals surface area contributed by atoms with Crippen LogP contribution in [0.4, 0.5) is 22.0 Å². The van der Waals surface area contributed by atoms with Crippen LogP contribution in [0.25, 0.3) is 0 Å². The Morgan fingerprint density at radius 2 is 1.45 bits per heavy atom. The van der Waals surface area contributed by atoms with E-state index < -0.39 is 33.8 Å². The summed E-state index contributed by atoms with van der Waals surface area (Å²) in [5.41, 5.74) is -5.09. The summed E-state index contributed by atoms with van der Waals surface area (Å²) in [6.07, 6.45) is -3.97. The Morgan fingerprint density at radius 3 is 1.95 bits per heavy atom. The van der Waals surface area contributed by atoms with E-state index in [1.165, 1.54) is 12.1 Å². The Hall–Kier alpha value is -1.73. The molecule has 1 N–H and O–H groups in total. The fourth-order valence-electron chi connectivity index (χ4n) is 2.06. The van der Waals surface area contributed by atoms with E-state index in [1.807, 2.05) is 0 Å². The van der Waals surface area contributed by atoms with Crippen LogP contribution in [-0.4, -0.2) is 22.2 Å². The van der Waals surface area contributed by atoms with Gasteiger partial charge in [0.1, 0.15) is 0 Å². The van der Waals surface area contributed by atoms with Gasteiger partial charge in [-0.05, 0) is 23.8 Å². The van der Waals surface area contributed by atoms with Crippen LogP contribution >= 0.6 is 11.6 Å². The Bertz CT molecular complexity index is 662. The van der Waals surface area contributed by atoms with Gasteiger partial charge in [-0.15, -0.1) is 0 Å². The molecule has 1 aromatic heterocycles. The summed E-state index contributed by atoms with van der Waals surface area (Å²) < 4.78 is 66.7. The van der Waals surface area contributed by atoms with Gasteiger partial charge < -0.3 is 5.11 Å². The van der Waals surface area contributed by atoms with Gasteiger partial charge in [-0.3, -0.25) is 4.98 Å². The van der Waals surface area contributed by atoms with E-state index >= 15 is 0 Å². The molecule has 1 heterocycles. The van der Waals surface area contributed by atoms with Gasteiger partial charge >= 0.3 is 12.1 Å². The van der Waals surface area contributed by atoms with Gasteiger partial charge in [0.05, 0.1) is 0 Å². The van der Waals surface area contributed by atoms with Crippen LogP contribution in [-0.2, 0) is 5.60 Å². The van der Waals surface area contributed by atoms with Gasteiger partial charge in [0.2, 0.25) is 0 Å². The highest BCUT2D eigenvalue weighted by Gasteiger charge is 2.71. The number of hydrogen-bond donors (Lipinski definition) is 1. The summed E-state index contributed by atoms with van der Waals surface area (Å²) in [6.45, 7) is 0. The fourth-order valence-corrected chi connectivity index (χ4v) is 2.33. The molecule has 1 atom stereocenters. The van der Waals surface area contributed by atoms with Crippen molar-refractivity contribution in [3.8, 4) is 0 Å². The molecule has 0 aliphatic rings. The molecule has 0 fully saturated rings. The molecule has 1 aromatic carbocycles. The summed E-state index contributed by atoms with van der Waals surface area (Å²) in [5.74, 6) is -5.47. The molecule has 0 aliphatic carbocycles. The monoisotopic (exact) mass is 337 g/mol. The molecule has 2 nitrogen and oxygen atoms in total. The van der Waals surface area contributed by atoms with Crippen molar-refractivity contribution in [3.05, 3.63) is 64.9 Å². The molecular formula is C14H9ClF5NO. The average Bonchev–Trinajstić information content (AvgIpc) is 2.46. The maximum absolute atomic E-state index is 14.1. The summed E-state index contributed by atoms with van der Waals surface area (Å²) in [5, 5.41) is 10.0. The zero-order chi connectivity index (χ0) is 16.6. The van der Waals surface area contributed by atoms with Crippen LogP contribution in [0.2, 0.25) is 5.02 Å². The van der Waals surface area contributed by atoms with Crippen LogP contribution in [0, 0.1) is 0 Å². The molecule has 0 radical (unpaired) electrons. The molecule has 0 saturated carbocycles. The SMILES string of the molecule is OC(c1ccncc1)(c1ccccc1Cl)C(F)(F)C(F)(F)F. The summed E-state index contributed by atoms with van der Waals surface area (Å²) >= 11 is 5.74. The van der Waals surface area contributed by atoms with Crippen LogP contribution in [0.15, 0.2) is 48.8 Å². The Kier molecular flexibility index (Phi) is 4.14. The lowest BCUT2D eigenvalue weighted by atomic mass is 9.81. The van der Waals surface area contributed by atoms with Crippen molar-refractivity contribution in [2.45, 2.75) is 17.7 Å². The van der Waals surface area contributed by atoms with Crippen molar-refractivity contribution in [1.29, 1.82) is 0 Å². The van der Waals surface area contributed by atoms with Gasteiger partial charge in [0.15, 0.2) is 5.60 Å². The van der Waals surface area contributed by atoms with Crippen molar-refractivity contribution in [2.24, 2.45) is 0 Å². The first-order valence-corrected chi connectivity index (χ1v) is 6.32. The van der Waals surface area contributed by atoms with E-state index in [1.54, 1.807) is 0 Å². The zero-order valence-corrected chi connectivity index (χ0v) is 11.5. The lowest BCUT2D eigenvalue weighted by Gasteiger charge is -2.37. The second kappa shape index (κ2) is 5.48. The van der Waals surface area contributed by atoms with Gasteiger partial charge in [-0.2, -0.15) is 22.0 Å². The number of aromatic nitrogens is 1. The van der Waals surface area contributed by atoms with Crippen LogP contribution < -0.4 is 0 Å². The van der Waals surface area contributed by atoms with E-state index in [9.17, 15) is 27.1 Å². The molecular weight excluding hydrogens is 329 g/mol. The lowest BCUT2D eigenvalue weighted by Crippen LogP contribution is -2.55. The highest BCUT2D eigenvalue weighted by molar-refractivity contribution is 6.31. The molecule has 0 bridgehead atoms. The minimum Gasteiger partial charge on any atom is -0.374 e. The molecule has 0 spiro atoms. The summed E-state index contributed by atoms with van der Waals surface area (Å²) in [6, 6.07) is 6.36. The molecule has 0 amide bonds. The first kappa shape index (κ1) is 16.6. The minimum atomic E-state index is -5.98. The Morgan fingerprint density at radius 1 is 0.909 bits per heavy atom. The van der Waals surface area contributed by atoms with Gasteiger partial charge in [0.25, 0.3) is 0 Å². The topological polar surface area (TPSA) is 33.1 Å².